The van der Waals surface area contributed by atoms with Gasteiger partial charge in [0, 0.05) is 29.5 Å². The van der Waals surface area contributed by atoms with Crippen molar-refractivity contribution in [1.82, 2.24) is 9.88 Å². The van der Waals surface area contributed by atoms with E-state index in [2.05, 4.69) is 4.98 Å². The Kier molecular flexibility index (Phi) is 6.47. The molecule has 1 N–H and O–H groups in total. The Bertz CT molecular complexity index is 1220. The molecule has 0 aliphatic carbocycles. The standard InChI is InChI=1S/C26H23ClN2O4/c1-3-33-21-11-8-19(13-16(21)2)24(30)22-23(18-6-9-20(27)10-7-18)29(26(32)25(22)31)15-17-5-4-12-28-14-17/h4-14,23,30H,3,15H2,1-2H3/b24-22-. The number of aryl methyl sites for hydroxylation is 1. The van der Waals surface area contributed by atoms with E-state index in [1.165, 1.54) is 4.90 Å². The fraction of sp³-hybridized carbons (Fsp3) is 0.192. The zero-order valence-corrected chi connectivity index (χ0v) is 19.0. The largest absolute Gasteiger partial charge is 0.507 e. The highest BCUT2D eigenvalue weighted by atomic mass is 35.5. The number of amides is 1. The number of benzene rings is 2. The number of pyridine rings is 1. The molecule has 1 fully saturated rings. The maximum absolute atomic E-state index is 13.2. The molecule has 0 bridgehead atoms. The number of hydrogen-bond donors (Lipinski definition) is 1. The predicted octanol–water partition coefficient (Wildman–Crippen LogP) is 5.06. The molecule has 3 aromatic rings. The second kappa shape index (κ2) is 9.46. The zero-order valence-electron chi connectivity index (χ0n) is 18.3. The monoisotopic (exact) mass is 462 g/mol. The third kappa shape index (κ3) is 4.47. The third-order valence-electron chi connectivity index (χ3n) is 5.55. The molecule has 1 atom stereocenters. The van der Waals surface area contributed by atoms with E-state index in [0.717, 1.165) is 11.1 Å². The van der Waals surface area contributed by atoms with Crippen molar-refractivity contribution < 1.29 is 19.4 Å². The number of likely N-dealkylation sites (tertiary alicyclic amines) is 1. The van der Waals surface area contributed by atoms with Gasteiger partial charge in [-0.2, -0.15) is 0 Å². The van der Waals surface area contributed by atoms with Gasteiger partial charge in [-0.1, -0.05) is 29.8 Å². The molecule has 1 aliphatic heterocycles. The van der Waals surface area contributed by atoms with Crippen LogP contribution in [0.25, 0.3) is 5.76 Å². The molecule has 168 valence electrons. The van der Waals surface area contributed by atoms with E-state index in [1.807, 2.05) is 19.9 Å². The van der Waals surface area contributed by atoms with E-state index in [9.17, 15) is 14.7 Å². The highest BCUT2D eigenvalue weighted by Gasteiger charge is 2.46. The van der Waals surface area contributed by atoms with Crippen LogP contribution in [0.1, 0.15) is 35.2 Å². The number of carbonyl (C=O) groups excluding carboxylic acids is 2. The molecule has 1 aliphatic rings. The van der Waals surface area contributed by atoms with Crippen LogP contribution in [0.2, 0.25) is 5.02 Å². The summed E-state index contributed by atoms with van der Waals surface area (Å²) < 4.78 is 5.57. The number of ketones is 1. The molecule has 0 radical (unpaired) electrons. The fourth-order valence-corrected chi connectivity index (χ4v) is 4.12. The van der Waals surface area contributed by atoms with Crippen molar-refractivity contribution in [3.8, 4) is 5.75 Å². The number of aliphatic hydroxyl groups excluding tert-OH is 1. The van der Waals surface area contributed by atoms with Crippen molar-refractivity contribution >= 4 is 29.1 Å². The molecule has 4 rings (SSSR count). The predicted molar refractivity (Wildman–Crippen MR) is 126 cm³/mol. The van der Waals surface area contributed by atoms with Crippen LogP contribution in [0.5, 0.6) is 5.75 Å². The van der Waals surface area contributed by atoms with Crippen molar-refractivity contribution in [3.05, 3.63) is 99.8 Å². The first kappa shape index (κ1) is 22.6. The topological polar surface area (TPSA) is 79.7 Å². The number of halogens is 1. The molecule has 1 aromatic heterocycles. The molecule has 2 heterocycles. The van der Waals surface area contributed by atoms with E-state index in [1.54, 1.807) is 60.9 Å². The van der Waals surface area contributed by atoms with Crippen LogP contribution in [0.4, 0.5) is 0 Å². The Balaban J connectivity index is 1.84. The number of hydrogen-bond acceptors (Lipinski definition) is 5. The number of ether oxygens (including phenoxy) is 1. The van der Waals surface area contributed by atoms with Crippen molar-refractivity contribution in [3.63, 3.8) is 0 Å². The van der Waals surface area contributed by atoms with Crippen LogP contribution >= 0.6 is 11.6 Å². The van der Waals surface area contributed by atoms with E-state index >= 15 is 0 Å². The summed E-state index contributed by atoms with van der Waals surface area (Å²) in [7, 11) is 0. The van der Waals surface area contributed by atoms with Gasteiger partial charge < -0.3 is 14.7 Å². The summed E-state index contributed by atoms with van der Waals surface area (Å²) in [5.41, 5.74) is 2.74. The molecule has 2 aromatic carbocycles. The fourth-order valence-electron chi connectivity index (χ4n) is 3.99. The smallest absolute Gasteiger partial charge is 0.295 e. The number of aliphatic hydroxyl groups is 1. The quantitative estimate of drug-likeness (QED) is 0.314. The van der Waals surface area contributed by atoms with E-state index in [-0.39, 0.29) is 17.9 Å². The van der Waals surface area contributed by atoms with Crippen LogP contribution in [0, 0.1) is 6.92 Å². The highest BCUT2D eigenvalue weighted by molar-refractivity contribution is 6.46. The molecule has 1 amide bonds. The number of rotatable bonds is 6. The van der Waals surface area contributed by atoms with Crippen LogP contribution in [-0.4, -0.2) is 33.3 Å². The van der Waals surface area contributed by atoms with Gasteiger partial charge in [0.2, 0.25) is 0 Å². The van der Waals surface area contributed by atoms with Crippen molar-refractivity contribution in [2.75, 3.05) is 6.61 Å². The lowest BCUT2D eigenvalue weighted by Gasteiger charge is -2.25. The lowest BCUT2D eigenvalue weighted by Crippen LogP contribution is -2.29. The minimum absolute atomic E-state index is 0.0368. The normalized spacial score (nSPS) is 17.4. The third-order valence-corrected chi connectivity index (χ3v) is 5.80. The minimum atomic E-state index is -0.769. The van der Waals surface area contributed by atoms with Gasteiger partial charge in [0.15, 0.2) is 0 Å². The van der Waals surface area contributed by atoms with Gasteiger partial charge in [-0.3, -0.25) is 14.6 Å². The van der Waals surface area contributed by atoms with Gasteiger partial charge in [-0.05, 0) is 66.9 Å². The first-order chi connectivity index (χ1) is 15.9. The Morgan fingerprint density at radius 2 is 1.91 bits per heavy atom. The van der Waals surface area contributed by atoms with Crippen LogP contribution in [0.3, 0.4) is 0 Å². The van der Waals surface area contributed by atoms with E-state index in [4.69, 9.17) is 16.3 Å². The van der Waals surface area contributed by atoms with E-state index < -0.39 is 17.7 Å². The van der Waals surface area contributed by atoms with E-state index in [0.29, 0.717) is 28.5 Å². The molecule has 33 heavy (non-hydrogen) atoms. The van der Waals surface area contributed by atoms with Gasteiger partial charge in [0.25, 0.3) is 11.7 Å². The summed E-state index contributed by atoms with van der Waals surface area (Å²) in [6, 6.07) is 14.9. The Hall–Kier alpha value is -3.64. The molecule has 1 saturated heterocycles. The van der Waals surface area contributed by atoms with Crippen molar-refractivity contribution in [2.24, 2.45) is 0 Å². The number of aromatic nitrogens is 1. The maximum Gasteiger partial charge on any atom is 0.295 e. The second-order valence-electron chi connectivity index (χ2n) is 7.75. The Morgan fingerprint density at radius 1 is 1.15 bits per heavy atom. The Labute approximate surface area is 197 Å². The summed E-state index contributed by atoms with van der Waals surface area (Å²) in [5, 5.41) is 11.8. The summed E-state index contributed by atoms with van der Waals surface area (Å²) in [6.07, 6.45) is 3.29. The highest BCUT2D eigenvalue weighted by Crippen LogP contribution is 2.41. The van der Waals surface area contributed by atoms with Gasteiger partial charge >= 0.3 is 0 Å². The number of Topliss-reactive ketones (excluding diaryl/α,β-unsaturated/α-hetero) is 1. The molecular weight excluding hydrogens is 440 g/mol. The Morgan fingerprint density at radius 3 is 2.55 bits per heavy atom. The van der Waals surface area contributed by atoms with Gasteiger partial charge in [-0.15, -0.1) is 0 Å². The molecule has 7 heteroatoms. The molecule has 0 spiro atoms. The summed E-state index contributed by atoms with van der Waals surface area (Å²) in [6.45, 7) is 4.44. The molecule has 0 saturated carbocycles. The van der Waals surface area contributed by atoms with Gasteiger partial charge in [-0.25, -0.2) is 0 Å². The molecular formula is C26H23ClN2O4. The lowest BCUT2D eigenvalue weighted by molar-refractivity contribution is -0.140. The summed E-state index contributed by atoms with van der Waals surface area (Å²) in [5.74, 6) is -0.945. The number of nitrogens with zero attached hydrogens (tertiary/aromatic N) is 2. The van der Waals surface area contributed by atoms with Crippen molar-refractivity contribution in [1.29, 1.82) is 0 Å². The zero-order chi connectivity index (χ0) is 23.5. The number of carbonyl (C=O) groups is 2. The second-order valence-corrected chi connectivity index (χ2v) is 8.19. The average molecular weight is 463 g/mol. The molecule has 6 nitrogen and oxygen atoms in total. The van der Waals surface area contributed by atoms with Crippen LogP contribution in [-0.2, 0) is 16.1 Å². The van der Waals surface area contributed by atoms with Crippen LogP contribution < -0.4 is 4.74 Å². The van der Waals surface area contributed by atoms with Gasteiger partial charge in [0.1, 0.15) is 11.5 Å². The van der Waals surface area contributed by atoms with Crippen molar-refractivity contribution in [2.45, 2.75) is 26.4 Å². The minimum Gasteiger partial charge on any atom is -0.507 e. The van der Waals surface area contributed by atoms with Gasteiger partial charge in [0.05, 0.1) is 18.2 Å². The SMILES string of the molecule is CCOc1ccc(/C(O)=C2/C(=O)C(=O)N(Cc3cccnc3)C2c2ccc(Cl)cc2)cc1C. The lowest BCUT2D eigenvalue weighted by atomic mass is 9.94. The molecule has 1 unspecified atom stereocenters. The summed E-state index contributed by atoms with van der Waals surface area (Å²) in [4.78, 5) is 31.8. The summed E-state index contributed by atoms with van der Waals surface area (Å²) >= 11 is 6.07. The first-order valence-corrected chi connectivity index (χ1v) is 10.9. The maximum atomic E-state index is 13.2. The first-order valence-electron chi connectivity index (χ1n) is 10.6. The van der Waals surface area contributed by atoms with Crippen LogP contribution in [0.15, 0.2) is 72.6 Å². The average Bonchev–Trinajstić information content (AvgIpc) is 3.06.